The van der Waals surface area contributed by atoms with Gasteiger partial charge in [0.15, 0.2) is 0 Å². The summed E-state index contributed by atoms with van der Waals surface area (Å²) in [4.78, 5) is 0. The number of rotatable bonds is 2. The highest BCUT2D eigenvalue weighted by Crippen LogP contribution is 2.07. The summed E-state index contributed by atoms with van der Waals surface area (Å²) < 4.78 is 12.4. The van der Waals surface area contributed by atoms with E-state index >= 15 is 0 Å². The SMILES string of the molecule is NNC[C@@H]1C[C@@H](F)CN1. The lowest BCUT2D eigenvalue weighted by Crippen LogP contribution is -2.37. The molecule has 0 aliphatic carbocycles. The molecule has 3 nitrogen and oxygen atoms in total. The first-order valence-electron chi connectivity index (χ1n) is 3.14. The topological polar surface area (TPSA) is 50.1 Å². The van der Waals surface area contributed by atoms with Crippen LogP contribution < -0.4 is 16.6 Å². The van der Waals surface area contributed by atoms with Crippen LogP contribution in [0.15, 0.2) is 0 Å². The smallest absolute Gasteiger partial charge is 0.114 e. The minimum atomic E-state index is -0.677. The summed E-state index contributed by atoms with van der Waals surface area (Å²) in [7, 11) is 0. The molecule has 1 saturated heterocycles. The molecule has 0 unspecified atom stereocenters. The standard InChI is InChI=1S/C5H12FN3/c6-4-1-5(3-9-7)8-2-4/h4-5,8-9H,1-3,7H2/t4-,5+/m1/s1. The van der Waals surface area contributed by atoms with Crippen LogP contribution in [0.3, 0.4) is 0 Å². The second kappa shape index (κ2) is 3.10. The van der Waals surface area contributed by atoms with Gasteiger partial charge in [0.05, 0.1) is 0 Å². The van der Waals surface area contributed by atoms with E-state index in [0.717, 1.165) is 0 Å². The Morgan fingerprint density at radius 1 is 1.78 bits per heavy atom. The van der Waals surface area contributed by atoms with Crippen LogP contribution in [0.1, 0.15) is 6.42 Å². The number of halogens is 1. The number of nitrogens with one attached hydrogen (secondary N) is 2. The van der Waals surface area contributed by atoms with Crippen molar-refractivity contribution in [1.82, 2.24) is 10.7 Å². The fourth-order valence-corrected chi connectivity index (χ4v) is 1.07. The zero-order valence-corrected chi connectivity index (χ0v) is 5.23. The summed E-state index contributed by atoms with van der Waals surface area (Å²) in [6, 6.07) is 0.227. The largest absolute Gasteiger partial charge is 0.310 e. The zero-order valence-electron chi connectivity index (χ0n) is 5.23. The Morgan fingerprint density at radius 2 is 2.56 bits per heavy atom. The van der Waals surface area contributed by atoms with Crippen LogP contribution in [0.25, 0.3) is 0 Å². The maximum Gasteiger partial charge on any atom is 0.114 e. The summed E-state index contributed by atoms with van der Waals surface area (Å²) >= 11 is 0. The zero-order chi connectivity index (χ0) is 6.69. The van der Waals surface area contributed by atoms with Gasteiger partial charge in [0.2, 0.25) is 0 Å². The van der Waals surface area contributed by atoms with Gasteiger partial charge < -0.3 is 5.32 Å². The summed E-state index contributed by atoms with van der Waals surface area (Å²) in [6.07, 6.45) is -0.0900. The third-order valence-corrected chi connectivity index (χ3v) is 1.53. The number of alkyl halides is 1. The molecule has 1 fully saturated rings. The third-order valence-electron chi connectivity index (χ3n) is 1.53. The van der Waals surface area contributed by atoms with E-state index in [1.165, 1.54) is 0 Å². The number of nitrogens with two attached hydrogens (primary N) is 1. The molecule has 1 aliphatic rings. The van der Waals surface area contributed by atoms with Crippen molar-refractivity contribution in [2.24, 2.45) is 5.84 Å². The van der Waals surface area contributed by atoms with Crippen LogP contribution in [0.2, 0.25) is 0 Å². The van der Waals surface area contributed by atoms with Crippen molar-refractivity contribution >= 4 is 0 Å². The molecular formula is C5H12FN3. The van der Waals surface area contributed by atoms with Gasteiger partial charge in [-0.05, 0) is 6.42 Å². The molecule has 0 aromatic rings. The highest BCUT2D eigenvalue weighted by Gasteiger charge is 2.22. The maximum atomic E-state index is 12.4. The fraction of sp³-hybridized carbons (Fsp3) is 1.00. The summed E-state index contributed by atoms with van der Waals surface area (Å²) in [5, 5.41) is 2.99. The third kappa shape index (κ3) is 1.89. The Morgan fingerprint density at radius 3 is 3.00 bits per heavy atom. The Hall–Kier alpha value is -0.190. The minimum Gasteiger partial charge on any atom is -0.310 e. The van der Waals surface area contributed by atoms with Crippen LogP contribution >= 0.6 is 0 Å². The van der Waals surface area contributed by atoms with Crippen molar-refractivity contribution in [2.45, 2.75) is 18.6 Å². The molecule has 9 heavy (non-hydrogen) atoms. The Kier molecular flexibility index (Phi) is 2.38. The lowest BCUT2D eigenvalue weighted by atomic mass is 10.2. The van der Waals surface area contributed by atoms with Crippen molar-refractivity contribution in [3.05, 3.63) is 0 Å². The van der Waals surface area contributed by atoms with Crippen molar-refractivity contribution in [2.75, 3.05) is 13.1 Å². The average Bonchev–Trinajstić information content (AvgIpc) is 2.17. The number of hydrogen-bond donors (Lipinski definition) is 3. The molecule has 0 bridgehead atoms. The number of hydrogen-bond acceptors (Lipinski definition) is 3. The van der Waals surface area contributed by atoms with Crippen molar-refractivity contribution in [3.63, 3.8) is 0 Å². The van der Waals surface area contributed by atoms with Crippen molar-refractivity contribution in [1.29, 1.82) is 0 Å². The molecule has 0 amide bonds. The van der Waals surface area contributed by atoms with Gasteiger partial charge in [-0.25, -0.2) is 4.39 Å². The fourth-order valence-electron chi connectivity index (χ4n) is 1.07. The van der Waals surface area contributed by atoms with Crippen molar-refractivity contribution in [3.8, 4) is 0 Å². The Bertz CT molecular complexity index is 86.3. The van der Waals surface area contributed by atoms with Gasteiger partial charge in [0, 0.05) is 19.1 Å². The van der Waals surface area contributed by atoms with E-state index in [-0.39, 0.29) is 6.04 Å². The van der Waals surface area contributed by atoms with Gasteiger partial charge in [0.1, 0.15) is 6.17 Å². The second-order valence-electron chi connectivity index (χ2n) is 2.35. The molecule has 1 rings (SSSR count). The molecule has 0 spiro atoms. The van der Waals surface area contributed by atoms with E-state index in [2.05, 4.69) is 10.7 Å². The van der Waals surface area contributed by atoms with Gasteiger partial charge in [-0.1, -0.05) is 0 Å². The van der Waals surface area contributed by atoms with E-state index in [9.17, 15) is 4.39 Å². The lowest BCUT2D eigenvalue weighted by Gasteiger charge is -2.06. The summed E-state index contributed by atoms with van der Waals surface area (Å²) in [5.74, 6) is 5.04. The molecule has 54 valence electrons. The molecule has 0 aromatic carbocycles. The van der Waals surface area contributed by atoms with Gasteiger partial charge in [-0.15, -0.1) is 0 Å². The minimum absolute atomic E-state index is 0.227. The molecule has 0 saturated carbocycles. The van der Waals surface area contributed by atoms with Gasteiger partial charge >= 0.3 is 0 Å². The second-order valence-corrected chi connectivity index (χ2v) is 2.35. The van der Waals surface area contributed by atoms with Gasteiger partial charge in [-0.2, -0.15) is 0 Å². The van der Waals surface area contributed by atoms with Gasteiger partial charge in [0.25, 0.3) is 0 Å². The highest BCUT2D eigenvalue weighted by molar-refractivity contribution is 4.81. The Balaban J connectivity index is 2.14. The predicted molar refractivity (Wildman–Crippen MR) is 33.5 cm³/mol. The Labute approximate surface area is 53.8 Å². The van der Waals surface area contributed by atoms with Crippen LogP contribution in [-0.2, 0) is 0 Å². The van der Waals surface area contributed by atoms with E-state index < -0.39 is 6.17 Å². The average molecular weight is 133 g/mol. The molecule has 0 aromatic heterocycles. The lowest BCUT2D eigenvalue weighted by molar-refractivity contribution is 0.354. The van der Waals surface area contributed by atoms with Crippen LogP contribution in [0.5, 0.6) is 0 Å². The van der Waals surface area contributed by atoms with Crippen LogP contribution in [-0.4, -0.2) is 25.3 Å². The number of hydrazine groups is 1. The molecule has 1 aliphatic heterocycles. The molecular weight excluding hydrogens is 121 g/mol. The van der Waals surface area contributed by atoms with E-state index in [0.29, 0.717) is 19.5 Å². The quantitative estimate of drug-likeness (QED) is 0.340. The first-order chi connectivity index (χ1) is 4.33. The molecule has 1 heterocycles. The maximum absolute atomic E-state index is 12.4. The monoisotopic (exact) mass is 133 g/mol. The van der Waals surface area contributed by atoms with E-state index in [4.69, 9.17) is 5.84 Å². The molecule has 4 heteroatoms. The van der Waals surface area contributed by atoms with Crippen molar-refractivity contribution < 1.29 is 4.39 Å². The highest BCUT2D eigenvalue weighted by atomic mass is 19.1. The van der Waals surface area contributed by atoms with Crippen LogP contribution in [0, 0.1) is 0 Å². The molecule has 2 atom stereocenters. The summed E-state index contributed by atoms with van der Waals surface area (Å²) in [5.41, 5.74) is 2.50. The molecule has 4 N–H and O–H groups in total. The van der Waals surface area contributed by atoms with Crippen LogP contribution in [0.4, 0.5) is 4.39 Å². The van der Waals surface area contributed by atoms with E-state index in [1.54, 1.807) is 0 Å². The van der Waals surface area contributed by atoms with E-state index in [1.807, 2.05) is 0 Å². The first kappa shape index (κ1) is 6.92. The predicted octanol–water partition coefficient (Wildman–Crippen LogP) is -0.850. The first-order valence-corrected chi connectivity index (χ1v) is 3.14. The molecule has 0 radical (unpaired) electrons. The normalized spacial score (nSPS) is 35.3. The van der Waals surface area contributed by atoms with Gasteiger partial charge in [-0.3, -0.25) is 11.3 Å². The summed E-state index contributed by atoms with van der Waals surface area (Å²) in [6.45, 7) is 1.13.